The number of nitrogens with zero attached hydrogens (tertiary/aromatic N) is 1. The molecular formula is C19H26ClN3O. The lowest BCUT2D eigenvalue weighted by Crippen LogP contribution is -2.39. The van der Waals surface area contributed by atoms with Crippen LogP contribution >= 0.6 is 12.4 Å². The van der Waals surface area contributed by atoms with Gasteiger partial charge in [-0.15, -0.1) is 12.4 Å². The van der Waals surface area contributed by atoms with Crippen molar-refractivity contribution in [2.24, 2.45) is 5.92 Å². The first kappa shape index (κ1) is 18.6. The summed E-state index contributed by atoms with van der Waals surface area (Å²) in [6, 6.07) is 10.1. The Hall–Kier alpha value is -1.78. The number of carbonyl (C=O) groups excluding carboxylic acids is 1. The first-order valence-electron chi connectivity index (χ1n) is 8.45. The monoisotopic (exact) mass is 347 g/mol. The molecule has 1 aromatic carbocycles. The highest BCUT2D eigenvalue weighted by atomic mass is 35.5. The van der Waals surface area contributed by atoms with E-state index in [2.05, 4.69) is 10.3 Å². The molecule has 1 aliphatic heterocycles. The number of rotatable bonds is 5. The van der Waals surface area contributed by atoms with Crippen molar-refractivity contribution in [1.82, 2.24) is 15.2 Å². The lowest BCUT2D eigenvalue weighted by atomic mass is 9.93. The Labute approximate surface area is 150 Å². The van der Waals surface area contributed by atoms with E-state index in [1.807, 2.05) is 54.7 Å². The topological polar surface area (TPSA) is 48.1 Å². The average Bonchev–Trinajstić information content (AvgIpc) is 3.10. The van der Waals surface area contributed by atoms with E-state index in [1.165, 1.54) is 6.42 Å². The van der Waals surface area contributed by atoms with E-state index < -0.39 is 0 Å². The van der Waals surface area contributed by atoms with Crippen LogP contribution in [-0.4, -0.2) is 42.5 Å². The summed E-state index contributed by atoms with van der Waals surface area (Å²) in [5.74, 6) is 0.892. The molecule has 3 rings (SSSR count). The molecule has 2 heterocycles. The third-order valence-electron chi connectivity index (χ3n) is 4.77. The molecule has 1 amide bonds. The number of hydrogen-bond donors (Lipinski definition) is 2. The van der Waals surface area contributed by atoms with Crippen molar-refractivity contribution in [1.29, 1.82) is 0 Å². The van der Waals surface area contributed by atoms with Crippen LogP contribution in [0.5, 0.6) is 0 Å². The Bertz CT molecular complexity index is 633. The zero-order valence-corrected chi connectivity index (χ0v) is 14.9. The van der Waals surface area contributed by atoms with Gasteiger partial charge in [-0.3, -0.25) is 4.79 Å². The fourth-order valence-corrected chi connectivity index (χ4v) is 3.34. The minimum Gasteiger partial charge on any atom is -0.366 e. The van der Waals surface area contributed by atoms with Crippen LogP contribution in [0.3, 0.4) is 0 Å². The molecule has 5 heteroatoms. The normalized spacial score (nSPS) is 15.1. The third kappa shape index (κ3) is 4.19. The van der Waals surface area contributed by atoms with Crippen molar-refractivity contribution in [3.63, 3.8) is 0 Å². The quantitative estimate of drug-likeness (QED) is 0.868. The summed E-state index contributed by atoms with van der Waals surface area (Å²) in [6.45, 7) is 2.80. The molecule has 0 saturated carbocycles. The Morgan fingerprint density at radius 1 is 1.21 bits per heavy atom. The highest BCUT2D eigenvalue weighted by Gasteiger charge is 2.25. The fraction of sp³-hybridized carbons (Fsp3) is 0.421. The van der Waals surface area contributed by atoms with Gasteiger partial charge in [0.2, 0.25) is 0 Å². The van der Waals surface area contributed by atoms with E-state index in [4.69, 9.17) is 0 Å². The molecular weight excluding hydrogens is 322 g/mol. The molecule has 1 aliphatic rings. The molecule has 1 aromatic heterocycles. The number of halogens is 1. The Morgan fingerprint density at radius 2 is 1.92 bits per heavy atom. The number of likely N-dealkylation sites (tertiary alicyclic amines) is 1. The van der Waals surface area contributed by atoms with Gasteiger partial charge in [0.05, 0.1) is 5.56 Å². The molecule has 130 valence electrons. The number of piperidine rings is 1. The van der Waals surface area contributed by atoms with Gasteiger partial charge in [0.1, 0.15) is 0 Å². The molecule has 0 bridgehead atoms. The maximum atomic E-state index is 12.9. The lowest BCUT2D eigenvalue weighted by Gasteiger charge is -2.32. The van der Waals surface area contributed by atoms with Crippen LogP contribution in [0.15, 0.2) is 42.7 Å². The van der Waals surface area contributed by atoms with Gasteiger partial charge in [-0.1, -0.05) is 30.3 Å². The first-order chi connectivity index (χ1) is 11.3. The molecule has 0 unspecified atom stereocenters. The Balaban J connectivity index is 0.00000208. The fourth-order valence-electron chi connectivity index (χ4n) is 3.34. The molecule has 24 heavy (non-hydrogen) atoms. The largest absolute Gasteiger partial charge is 0.366 e. The van der Waals surface area contributed by atoms with Gasteiger partial charge in [0, 0.05) is 31.0 Å². The van der Waals surface area contributed by atoms with Crippen molar-refractivity contribution in [3.8, 4) is 11.1 Å². The minimum absolute atomic E-state index is 0. The van der Waals surface area contributed by atoms with E-state index in [9.17, 15) is 4.79 Å². The Kier molecular flexibility index (Phi) is 6.88. The van der Waals surface area contributed by atoms with Crippen LogP contribution < -0.4 is 5.32 Å². The number of benzene rings is 1. The van der Waals surface area contributed by atoms with Crippen LogP contribution in [-0.2, 0) is 0 Å². The summed E-state index contributed by atoms with van der Waals surface area (Å²) < 4.78 is 0. The second-order valence-electron chi connectivity index (χ2n) is 6.28. The molecule has 0 atom stereocenters. The number of H-pyrrole nitrogens is 1. The molecule has 1 saturated heterocycles. The van der Waals surface area contributed by atoms with Gasteiger partial charge in [0.15, 0.2) is 0 Å². The van der Waals surface area contributed by atoms with Crippen molar-refractivity contribution >= 4 is 18.3 Å². The Morgan fingerprint density at radius 3 is 2.58 bits per heavy atom. The van der Waals surface area contributed by atoms with E-state index in [1.54, 1.807) is 0 Å². The van der Waals surface area contributed by atoms with Crippen molar-refractivity contribution in [3.05, 3.63) is 48.3 Å². The average molecular weight is 348 g/mol. The molecule has 1 fully saturated rings. The lowest BCUT2D eigenvalue weighted by molar-refractivity contribution is 0.0688. The SMILES string of the molecule is CNCCC1CCN(C(=O)c2c[nH]cc2-c2ccccc2)CC1.Cl. The zero-order valence-electron chi connectivity index (χ0n) is 14.1. The number of aromatic nitrogens is 1. The highest BCUT2D eigenvalue weighted by Crippen LogP contribution is 2.27. The van der Waals surface area contributed by atoms with Crippen LogP contribution in [0.4, 0.5) is 0 Å². The van der Waals surface area contributed by atoms with Crippen LogP contribution in [0, 0.1) is 5.92 Å². The van der Waals surface area contributed by atoms with Gasteiger partial charge < -0.3 is 15.2 Å². The smallest absolute Gasteiger partial charge is 0.256 e. The molecule has 0 radical (unpaired) electrons. The summed E-state index contributed by atoms with van der Waals surface area (Å²) in [4.78, 5) is 18.0. The number of aromatic amines is 1. The summed E-state index contributed by atoms with van der Waals surface area (Å²) in [6.07, 6.45) is 7.18. The van der Waals surface area contributed by atoms with E-state index >= 15 is 0 Å². The molecule has 2 N–H and O–H groups in total. The van der Waals surface area contributed by atoms with Gasteiger partial charge in [0.25, 0.3) is 5.91 Å². The second kappa shape index (κ2) is 8.90. The highest BCUT2D eigenvalue weighted by molar-refractivity contribution is 6.00. The number of amides is 1. The standard InChI is InChI=1S/C19H25N3O.ClH/c1-20-10-7-15-8-11-22(12-9-15)19(23)18-14-21-13-17(18)16-5-3-2-4-6-16;/h2-6,13-15,20-21H,7-12H2,1H3;1H. The zero-order chi connectivity index (χ0) is 16.1. The maximum absolute atomic E-state index is 12.9. The van der Waals surface area contributed by atoms with Crippen molar-refractivity contribution < 1.29 is 4.79 Å². The third-order valence-corrected chi connectivity index (χ3v) is 4.77. The predicted octanol–water partition coefficient (Wildman–Crippen LogP) is 3.57. The van der Waals surface area contributed by atoms with E-state index in [-0.39, 0.29) is 18.3 Å². The summed E-state index contributed by atoms with van der Waals surface area (Å²) in [5.41, 5.74) is 2.86. The first-order valence-corrected chi connectivity index (χ1v) is 8.45. The van der Waals surface area contributed by atoms with Gasteiger partial charge in [-0.25, -0.2) is 0 Å². The molecule has 2 aromatic rings. The van der Waals surface area contributed by atoms with Crippen molar-refractivity contribution in [2.45, 2.75) is 19.3 Å². The van der Waals surface area contributed by atoms with Crippen LogP contribution in [0.2, 0.25) is 0 Å². The number of nitrogens with one attached hydrogen (secondary N) is 2. The maximum Gasteiger partial charge on any atom is 0.256 e. The van der Waals surface area contributed by atoms with Gasteiger partial charge in [-0.2, -0.15) is 0 Å². The summed E-state index contributed by atoms with van der Waals surface area (Å²) >= 11 is 0. The number of hydrogen-bond acceptors (Lipinski definition) is 2. The molecule has 0 aliphatic carbocycles. The van der Waals surface area contributed by atoms with E-state index in [0.717, 1.165) is 55.1 Å². The second-order valence-corrected chi connectivity index (χ2v) is 6.28. The van der Waals surface area contributed by atoms with E-state index in [0.29, 0.717) is 0 Å². The summed E-state index contributed by atoms with van der Waals surface area (Å²) in [5, 5.41) is 3.21. The number of carbonyl (C=O) groups is 1. The predicted molar refractivity (Wildman–Crippen MR) is 101 cm³/mol. The van der Waals surface area contributed by atoms with Gasteiger partial charge in [-0.05, 0) is 44.3 Å². The van der Waals surface area contributed by atoms with Crippen LogP contribution in [0.25, 0.3) is 11.1 Å². The van der Waals surface area contributed by atoms with Crippen LogP contribution in [0.1, 0.15) is 29.6 Å². The summed E-state index contributed by atoms with van der Waals surface area (Å²) in [7, 11) is 2.00. The molecule has 4 nitrogen and oxygen atoms in total. The van der Waals surface area contributed by atoms with Crippen molar-refractivity contribution in [2.75, 3.05) is 26.7 Å². The van der Waals surface area contributed by atoms with Gasteiger partial charge >= 0.3 is 0 Å². The molecule has 0 spiro atoms. The minimum atomic E-state index is 0.